The first-order chi connectivity index (χ1) is 11.0. The van der Waals surface area contributed by atoms with Crippen LogP contribution in [-0.4, -0.2) is 12.5 Å². The highest BCUT2D eigenvalue weighted by Crippen LogP contribution is 2.25. The molecule has 2 rings (SSSR count). The summed E-state index contributed by atoms with van der Waals surface area (Å²) in [5.74, 6) is 0.947. The summed E-state index contributed by atoms with van der Waals surface area (Å²) >= 11 is 11.8. The fourth-order valence-electron chi connectivity index (χ4n) is 1.98. The lowest BCUT2D eigenvalue weighted by Crippen LogP contribution is -2.15. The number of hydrogen-bond acceptors (Lipinski definition) is 2. The number of ether oxygens (including phenoxy) is 1. The number of benzene rings is 2. The minimum absolute atomic E-state index is 0.135. The number of anilines is 1. The lowest BCUT2D eigenvalue weighted by molar-refractivity contribution is -0.115. The Morgan fingerprint density at radius 3 is 2.57 bits per heavy atom. The number of halogens is 2. The summed E-state index contributed by atoms with van der Waals surface area (Å²) in [5, 5.41) is 3.79. The summed E-state index contributed by atoms with van der Waals surface area (Å²) in [6, 6.07) is 12.6. The zero-order chi connectivity index (χ0) is 16.8. The molecule has 0 fully saturated rings. The Morgan fingerprint density at radius 2 is 1.87 bits per heavy atom. The van der Waals surface area contributed by atoms with Gasteiger partial charge in [0, 0.05) is 0 Å². The van der Waals surface area contributed by atoms with Crippen molar-refractivity contribution >= 4 is 34.8 Å². The predicted octanol–water partition coefficient (Wildman–Crippen LogP) is 5.21. The average molecular weight is 352 g/mol. The Bertz CT molecular complexity index is 686. The Labute approximate surface area is 146 Å². The third-order valence-corrected chi connectivity index (χ3v) is 3.82. The van der Waals surface area contributed by atoms with Gasteiger partial charge >= 0.3 is 0 Å². The molecule has 0 aliphatic carbocycles. The molecule has 23 heavy (non-hydrogen) atoms. The van der Waals surface area contributed by atoms with Gasteiger partial charge in [-0.25, -0.2) is 0 Å². The molecule has 1 amide bonds. The van der Waals surface area contributed by atoms with Crippen LogP contribution in [0.4, 0.5) is 5.69 Å². The van der Waals surface area contributed by atoms with Crippen molar-refractivity contribution in [2.75, 3.05) is 11.9 Å². The third-order valence-electron chi connectivity index (χ3n) is 3.08. The van der Waals surface area contributed by atoms with Crippen molar-refractivity contribution in [2.24, 2.45) is 5.92 Å². The number of rotatable bonds is 6. The van der Waals surface area contributed by atoms with Crippen molar-refractivity contribution in [3.05, 3.63) is 58.1 Å². The molecule has 0 aliphatic rings. The van der Waals surface area contributed by atoms with E-state index in [-0.39, 0.29) is 12.3 Å². The highest BCUT2D eigenvalue weighted by atomic mass is 35.5. The van der Waals surface area contributed by atoms with Crippen LogP contribution in [0.1, 0.15) is 19.4 Å². The second-order valence-corrected chi connectivity index (χ2v) is 6.49. The maximum Gasteiger partial charge on any atom is 0.228 e. The monoisotopic (exact) mass is 351 g/mol. The second-order valence-electron chi connectivity index (χ2n) is 5.67. The van der Waals surface area contributed by atoms with Crippen LogP contribution in [0.25, 0.3) is 0 Å². The topological polar surface area (TPSA) is 38.3 Å². The number of nitrogens with one attached hydrogen (secondary N) is 1. The van der Waals surface area contributed by atoms with Gasteiger partial charge in [0.15, 0.2) is 0 Å². The van der Waals surface area contributed by atoms with Gasteiger partial charge in [0.05, 0.1) is 28.8 Å². The molecule has 0 atom stereocenters. The van der Waals surface area contributed by atoms with Crippen LogP contribution in [0.3, 0.4) is 0 Å². The minimum Gasteiger partial charge on any atom is -0.491 e. The van der Waals surface area contributed by atoms with Gasteiger partial charge < -0.3 is 10.1 Å². The fraction of sp³-hybridized carbons (Fsp3) is 0.278. The Hall–Kier alpha value is -1.71. The largest absolute Gasteiger partial charge is 0.491 e. The number of amides is 1. The van der Waals surface area contributed by atoms with Crippen molar-refractivity contribution in [3.63, 3.8) is 0 Å². The number of carbonyl (C=O) groups is 1. The molecule has 122 valence electrons. The van der Waals surface area contributed by atoms with Gasteiger partial charge in [-0.3, -0.25) is 4.79 Å². The molecule has 0 aromatic heterocycles. The average Bonchev–Trinajstić information content (AvgIpc) is 2.50. The Balaban J connectivity index is 2.03. The van der Waals surface area contributed by atoms with E-state index < -0.39 is 0 Å². The number of para-hydroxylation sites is 2. The molecular weight excluding hydrogens is 333 g/mol. The van der Waals surface area contributed by atoms with E-state index in [0.717, 1.165) is 5.56 Å². The molecule has 2 aromatic carbocycles. The minimum atomic E-state index is -0.135. The number of carbonyl (C=O) groups excluding carboxylic acids is 1. The highest BCUT2D eigenvalue weighted by Gasteiger charge is 2.10. The van der Waals surface area contributed by atoms with Crippen LogP contribution in [0.5, 0.6) is 5.75 Å². The molecule has 0 aliphatic heterocycles. The van der Waals surface area contributed by atoms with Crippen molar-refractivity contribution < 1.29 is 9.53 Å². The van der Waals surface area contributed by atoms with Crippen molar-refractivity contribution in [1.29, 1.82) is 0 Å². The predicted molar refractivity (Wildman–Crippen MR) is 95.6 cm³/mol. The van der Waals surface area contributed by atoms with Crippen LogP contribution < -0.4 is 10.1 Å². The Kier molecular flexibility index (Phi) is 6.31. The first-order valence-electron chi connectivity index (χ1n) is 7.41. The molecule has 0 saturated carbocycles. The van der Waals surface area contributed by atoms with Gasteiger partial charge in [0.2, 0.25) is 5.91 Å². The van der Waals surface area contributed by atoms with E-state index in [0.29, 0.717) is 34.0 Å². The first kappa shape index (κ1) is 17.6. The molecule has 3 nitrogen and oxygen atoms in total. The summed E-state index contributed by atoms with van der Waals surface area (Å²) in [7, 11) is 0. The molecular formula is C18H19Cl2NO2. The van der Waals surface area contributed by atoms with E-state index in [4.69, 9.17) is 27.9 Å². The van der Waals surface area contributed by atoms with Crippen molar-refractivity contribution in [2.45, 2.75) is 20.3 Å². The van der Waals surface area contributed by atoms with Crippen LogP contribution in [0, 0.1) is 5.92 Å². The van der Waals surface area contributed by atoms with Crippen LogP contribution in [0.15, 0.2) is 42.5 Å². The zero-order valence-corrected chi connectivity index (χ0v) is 14.6. The third kappa shape index (κ3) is 5.45. The fourth-order valence-corrected chi connectivity index (χ4v) is 2.30. The molecule has 0 radical (unpaired) electrons. The number of hydrogen-bond donors (Lipinski definition) is 1. The molecule has 0 saturated heterocycles. The second kappa shape index (κ2) is 8.23. The van der Waals surface area contributed by atoms with E-state index in [1.54, 1.807) is 18.2 Å². The summed E-state index contributed by atoms with van der Waals surface area (Å²) in [5.41, 5.74) is 1.47. The van der Waals surface area contributed by atoms with Crippen molar-refractivity contribution in [3.8, 4) is 5.75 Å². The zero-order valence-electron chi connectivity index (χ0n) is 13.1. The van der Waals surface area contributed by atoms with Gasteiger partial charge in [0.1, 0.15) is 5.75 Å². The van der Waals surface area contributed by atoms with Crippen LogP contribution >= 0.6 is 23.2 Å². The van der Waals surface area contributed by atoms with Gasteiger partial charge in [0.25, 0.3) is 0 Å². The van der Waals surface area contributed by atoms with Gasteiger partial charge in [-0.15, -0.1) is 0 Å². The normalized spacial score (nSPS) is 10.7. The molecule has 0 unspecified atom stereocenters. The standard InChI is InChI=1S/C18H19Cl2NO2/c1-12(2)11-23-17-6-4-3-5-16(17)21-18(22)10-13-7-8-14(19)15(20)9-13/h3-9,12H,10-11H2,1-2H3,(H,21,22). The van der Waals surface area contributed by atoms with E-state index in [2.05, 4.69) is 19.2 Å². The summed E-state index contributed by atoms with van der Waals surface area (Å²) in [6.45, 7) is 4.75. The maximum absolute atomic E-state index is 12.2. The Morgan fingerprint density at radius 1 is 1.13 bits per heavy atom. The summed E-state index contributed by atoms with van der Waals surface area (Å²) in [6.07, 6.45) is 0.218. The smallest absolute Gasteiger partial charge is 0.228 e. The van der Waals surface area contributed by atoms with E-state index in [1.807, 2.05) is 24.3 Å². The molecule has 1 N–H and O–H groups in total. The van der Waals surface area contributed by atoms with Crippen LogP contribution in [0.2, 0.25) is 10.0 Å². The van der Waals surface area contributed by atoms with E-state index >= 15 is 0 Å². The van der Waals surface area contributed by atoms with Gasteiger partial charge in [-0.1, -0.05) is 55.2 Å². The maximum atomic E-state index is 12.2. The highest BCUT2D eigenvalue weighted by molar-refractivity contribution is 6.42. The summed E-state index contributed by atoms with van der Waals surface area (Å²) < 4.78 is 5.73. The van der Waals surface area contributed by atoms with E-state index in [1.165, 1.54) is 0 Å². The van der Waals surface area contributed by atoms with Crippen LogP contribution in [-0.2, 0) is 11.2 Å². The molecule has 0 heterocycles. The lowest BCUT2D eigenvalue weighted by atomic mass is 10.1. The van der Waals surface area contributed by atoms with E-state index in [9.17, 15) is 4.79 Å². The van der Waals surface area contributed by atoms with Crippen molar-refractivity contribution in [1.82, 2.24) is 0 Å². The molecule has 2 aromatic rings. The molecule has 0 bridgehead atoms. The quantitative estimate of drug-likeness (QED) is 0.775. The first-order valence-corrected chi connectivity index (χ1v) is 8.17. The molecule has 5 heteroatoms. The van der Waals surface area contributed by atoms with Gasteiger partial charge in [-0.2, -0.15) is 0 Å². The summed E-state index contributed by atoms with van der Waals surface area (Å²) in [4.78, 5) is 12.2. The van der Waals surface area contributed by atoms with Gasteiger partial charge in [-0.05, 0) is 35.7 Å². The lowest BCUT2D eigenvalue weighted by Gasteiger charge is -2.14. The molecule has 0 spiro atoms. The SMILES string of the molecule is CC(C)COc1ccccc1NC(=O)Cc1ccc(Cl)c(Cl)c1.